The van der Waals surface area contributed by atoms with Gasteiger partial charge in [-0.3, -0.25) is 4.79 Å². The molecular formula is C19H26N2O3. The van der Waals surface area contributed by atoms with E-state index in [4.69, 9.17) is 4.74 Å². The summed E-state index contributed by atoms with van der Waals surface area (Å²) in [5.41, 5.74) is 0.403. The fourth-order valence-electron chi connectivity index (χ4n) is 2.62. The summed E-state index contributed by atoms with van der Waals surface area (Å²) in [5, 5.41) is 1.22. The molecule has 1 heterocycles. The number of carbonyl (C=O) groups is 1. The predicted octanol–water partition coefficient (Wildman–Crippen LogP) is 2.91. The van der Waals surface area contributed by atoms with Crippen LogP contribution in [0.5, 0.6) is 0 Å². The number of esters is 1. The molecule has 1 aromatic carbocycles. The Morgan fingerprint density at radius 3 is 2.54 bits per heavy atom. The van der Waals surface area contributed by atoms with Gasteiger partial charge >= 0.3 is 5.97 Å². The second kappa shape index (κ2) is 8.64. The third kappa shape index (κ3) is 4.45. The number of hydrogen-bond donors (Lipinski definition) is 0. The zero-order chi connectivity index (χ0) is 17.5. The van der Waals surface area contributed by atoms with Crippen molar-refractivity contribution < 1.29 is 9.53 Å². The Hall–Kier alpha value is -2.14. The van der Waals surface area contributed by atoms with Gasteiger partial charge in [0.2, 0.25) is 0 Å². The lowest BCUT2D eigenvalue weighted by Crippen LogP contribution is -2.24. The van der Waals surface area contributed by atoms with E-state index in [9.17, 15) is 9.59 Å². The second-order valence-electron chi connectivity index (χ2n) is 6.23. The van der Waals surface area contributed by atoms with E-state index in [0.29, 0.717) is 29.5 Å². The molecule has 0 amide bonds. The van der Waals surface area contributed by atoms with E-state index in [-0.39, 0.29) is 11.5 Å². The number of aryl methyl sites for hydroxylation is 1. The van der Waals surface area contributed by atoms with E-state index in [1.807, 2.05) is 33.2 Å². The van der Waals surface area contributed by atoms with Gasteiger partial charge in [-0.15, -0.1) is 0 Å². The van der Waals surface area contributed by atoms with Crippen molar-refractivity contribution >= 4 is 16.7 Å². The van der Waals surface area contributed by atoms with Crippen LogP contribution in [-0.2, 0) is 11.3 Å². The summed E-state index contributed by atoms with van der Waals surface area (Å²) in [5.74, 6) is -0.360. The SMILES string of the molecule is CCCCOC(=O)c1cn(CCCN(C)C)c(=O)c2ccccc12. The summed E-state index contributed by atoms with van der Waals surface area (Å²) in [4.78, 5) is 27.1. The number of ether oxygens (including phenoxy) is 1. The van der Waals surface area contributed by atoms with Crippen molar-refractivity contribution in [3.63, 3.8) is 0 Å². The van der Waals surface area contributed by atoms with Crippen LogP contribution in [0.3, 0.4) is 0 Å². The Balaban J connectivity index is 2.36. The van der Waals surface area contributed by atoms with Gasteiger partial charge in [-0.05, 0) is 39.5 Å². The smallest absolute Gasteiger partial charge is 0.340 e. The average Bonchev–Trinajstić information content (AvgIpc) is 2.57. The summed E-state index contributed by atoms with van der Waals surface area (Å²) in [6, 6.07) is 7.22. The normalized spacial score (nSPS) is 11.2. The minimum atomic E-state index is -0.360. The van der Waals surface area contributed by atoms with Crippen molar-refractivity contribution in [2.75, 3.05) is 27.2 Å². The molecule has 24 heavy (non-hydrogen) atoms. The largest absolute Gasteiger partial charge is 0.462 e. The van der Waals surface area contributed by atoms with Crippen molar-refractivity contribution in [2.45, 2.75) is 32.7 Å². The van der Waals surface area contributed by atoms with Crippen LogP contribution >= 0.6 is 0 Å². The van der Waals surface area contributed by atoms with Gasteiger partial charge in [-0.25, -0.2) is 4.79 Å². The van der Waals surface area contributed by atoms with Gasteiger partial charge in [0, 0.05) is 23.5 Å². The van der Waals surface area contributed by atoms with E-state index in [1.54, 1.807) is 22.9 Å². The second-order valence-corrected chi connectivity index (χ2v) is 6.23. The number of pyridine rings is 1. The van der Waals surface area contributed by atoms with Crippen LogP contribution < -0.4 is 5.56 Å². The van der Waals surface area contributed by atoms with E-state index in [2.05, 4.69) is 4.90 Å². The van der Waals surface area contributed by atoms with E-state index < -0.39 is 0 Å². The number of fused-ring (bicyclic) bond motifs is 1. The first-order valence-corrected chi connectivity index (χ1v) is 8.48. The molecule has 0 saturated carbocycles. The molecule has 0 fully saturated rings. The van der Waals surface area contributed by atoms with Gasteiger partial charge in [0.1, 0.15) is 0 Å². The number of benzene rings is 1. The minimum absolute atomic E-state index is 0.0607. The Labute approximate surface area is 142 Å². The van der Waals surface area contributed by atoms with Crippen molar-refractivity contribution in [3.05, 3.63) is 46.4 Å². The van der Waals surface area contributed by atoms with Gasteiger partial charge in [0.15, 0.2) is 0 Å². The maximum absolute atomic E-state index is 12.6. The molecule has 0 aliphatic heterocycles. The lowest BCUT2D eigenvalue weighted by atomic mass is 10.1. The fourth-order valence-corrected chi connectivity index (χ4v) is 2.62. The van der Waals surface area contributed by atoms with Crippen molar-refractivity contribution in [3.8, 4) is 0 Å². The number of rotatable bonds is 8. The molecule has 0 N–H and O–H groups in total. The molecule has 0 radical (unpaired) electrons. The van der Waals surface area contributed by atoms with Crippen LogP contribution in [0.15, 0.2) is 35.3 Å². The standard InChI is InChI=1S/C19H26N2O3/c1-4-5-13-24-19(23)17-14-21(12-8-11-20(2)3)18(22)16-10-7-6-9-15(16)17/h6-7,9-10,14H,4-5,8,11-13H2,1-3H3. The van der Waals surface area contributed by atoms with Crippen LogP contribution in [0.1, 0.15) is 36.5 Å². The van der Waals surface area contributed by atoms with E-state index >= 15 is 0 Å². The van der Waals surface area contributed by atoms with Crippen LogP contribution in [0.25, 0.3) is 10.8 Å². The quantitative estimate of drug-likeness (QED) is 0.552. The number of nitrogens with zero attached hydrogens (tertiary/aromatic N) is 2. The summed E-state index contributed by atoms with van der Waals surface area (Å²) >= 11 is 0. The number of hydrogen-bond acceptors (Lipinski definition) is 4. The molecule has 2 aromatic rings. The lowest BCUT2D eigenvalue weighted by Gasteiger charge is -2.13. The minimum Gasteiger partial charge on any atom is -0.462 e. The van der Waals surface area contributed by atoms with E-state index in [1.165, 1.54) is 0 Å². The Bertz CT molecular complexity index is 750. The maximum atomic E-state index is 12.6. The van der Waals surface area contributed by atoms with Crippen LogP contribution in [0.2, 0.25) is 0 Å². The predicted molar refractivity (Wildman–Crippen MR) is 96.6 cm³/mol. The van der Waals surface area contributed by atoms with Crippen LogP contribution in [0.4, 0.5) is 0 Å². The molecule has 0 atom stereocenters. The number of aromatic nitrogens is 1. The topological polar surface area (TPSA) is 51.5 Å². The third-order valence-corrected chi connectivity index (χ3v) is 3.95. The number of carbonyl (C=O) groups excluding carboxylic acids is 1. The molecule has 5 nitrogen and oxygen atoms in total. The van der Waals surface area contributed by atoms with Crippen molar-refractivity contribution in [1.29, 1.82) is 0 Å². The monoisotopic (exact) mass is 330 g/mol. The Morgan fingerprint density at radius 1 is 1.17 bits per heavy atom. The highest BCUT2D eigenvalue weighted by atomic mass is 16.5. The summed E-state index contributed by atoms with van der Waals surface area (Å²) in [6.45, 7) is 3.92. The molecule has 1 aromatic heterocycles. The molecular weight excluding hydrogens is 304 g/mol. The highest BCUT2D eigenvalue weighted by Crippen LogP contribution is 2.17. The number of unbranched alkanes of at least 4 members (excludes halogenated alkanes) is 1. The fraction of sp³-hybridized carbons (Fsp3) is 0.474. The zero-order valence-corrected chi connectivity index (χ0v) is 14.7. The molecule has 0 saturated heterocycles. The van der Waals surface area contributed by atoms with Gasteiger partial charge in [-0.2, -0.15) is 0 Å². The lowest BCUT2D eigenvalue weighted by molar-refractivity contribution is 0.0501. The molecule has 0 unspecified atom stereocenters. The van der Waals surface area contributed by atoms with Gasteiger partial charge < -0.3 is 14.2 Å². The van der Waals surface area contributed by atoms with E-state index in [0.717, 1.165) is 25.8 Å². The highest BCUT2D eigenvalue weighted by molar-refractivity contribution is 6.03. The molecule has 0 bridgehead atoms. The zero-order valence-electron chi connectivity index (χ0n) is 14.7. The molecule has 0 aliphatic carbocycles. The summed E-state index contributed by atoms with van der Waals surface area (Å²) < 4.78 is 6.98. The Morgan fingerprint density at radius 2 is 1.88 bits per heavy atom. The molecule has 5 heteroatoms. The first-order valence-electron chi connectivity index (χ1n) is 8.48. The van der Waals surface area contributed by atoms with Gasteiger partial charge in [0.05, 0.1) is 12.2 Å². The average molecular weight is 330 g/mol. The van der Waals surface area contributed by atoms with Crippen LogP contribution in [-0.4, -0.2) is 42.7 Å². The first-order chi connectivity index (χ1) is 11.5. The molecule has 130 valence electrons. The molecule has 0 spiro atoms. The molecule has 0 aliphatic rings. The van der Waals surface area contributed by atoms with Gasteiger partial charge in [0.25, 0.3) is 5.56 Å². The van der Waals surface area contributed by atoms with Crippen molar-refractivity contribution in [2.24, 2.45) is 0 Å². The maximum Gasteiger partial charge on any atom is 0.340 e. The van der Waals surface area contributed by atoms with Gasteiger partial charge in [-0.1, -0.05) is 31.5 Å². The summed E-state index contributed by atoms with van der Waals surface area (Å²) in [7, 11) is 4.00. The third-order valence-electron chi connectivity index (χ3n) is 3.95. The van der Waals surface area contributed by atoms with Crippen molar-refractivity contribution in [1.82, 2.24) is 9.47 Å². The highest BCUT2D eigenvalue weighted by Gasteiger charge is 2.15. The summed E-state index contributed by atoms with van der Waals surface area (Å²) in [6.07, 6.45) is 4.30. The molecule has 2 rings (SSSR count). The Kier molecular flexibility index (Phi) is 6.55. The van der Waals surface area contributed by atoms with Crippen LogP contribution in [0, 0.1) is 0 Å². The first kappa shape index (κ1) is 18.2.